The molecule has 4 atom stereocenters. The molecular formula is C24H27N5O. The van der Waals surface area contributed by atoms with Crippen LogP contribution in [0.5, 0.6) is 0 Å². The van der Waals surface area contributed by atoms with Crippen molar-refractivity contribution in [3.05, 3.63) is 54.4 Å². The van der Waals surface area contributed by atoms with E-state index in [1.54, 1.807) is 0 Å². The van der Waals surface area contributed by atoms with Gasteiger partial charge in [0.2, 0.25) is 5.91 Å². The van der Waals surface area contributed by atoms with Crippen molar-refractivity contribution in [2.24, 2.45) is 11.8 Å². The first-order chi connectivity index (χ1) is 14.8. The summed E-state index contributed by atoms with van der Waals surface area (Å²) in [6, 6.07) is 13.5. The van der Waals surface area contributed by atoms with Crippen molar-refractivity contribution in [1.29, 1.82) is 0 Å². The fourth-order valence-corrected chi connectivity index (χ4v) is 6.20. The van der Waals surface area contributed by atoms with Crippen LogP contribution in [-0.4, -0.2) is 51.2 Å². The summed E-state index contributed by atoms with van der Waals surface area (Å²) in [7, 11) is 0. The summed E-state index contributed by atoms with van der Waals surface area (Å²) in [5, 5.41) is 8.30. The molecule has 0 radical (unpaired) electrons. The summed E-state index contributed by atoms with van der Waals surface area (Å²) in [5.41, 5.74) is 3.40. The number of aromatic nitrogens is 3. The highest BCUT2D eigenvalue weighted by Crippen LogP contribution is 2.44. The maximum atomic E-state index is 13.0. The van der Waals surface area contributed by atoms with Gasteiger partial charge < -0.3 is 9.80 Å². The highest BCUT2D eigenvalue weighted by Gasteiger charge is 2.49. The Hall–Kier alpha value is -2.89. The molecule has 0 unspecified atom stereocenters. The third-order valence-electron chi connectivity index (χ3n) is 7.46. The van der Waals surface area contributed by atoms with Gasteiger partial charge in [0, 0.05) is 37.8 Å². The van der Waals surface area contributed by atoms with E-state index in [2.05, 4.69) is 61.4 Å². The van der Waals surface area contributed by atoms with Crippen LogP contribution in [0, 0.1) is 11.8 Å². The molecule has 0 aliphatic carbocycles. The van der Waals surface area contributed by atoms with Crippen LogP contribution in [0.3, 0.4) is 0 Å². The van der Waals surface area contributed by atoms with Gasteiger partial charge >= 0.3 is 0 Å². The quantitative estimate of drug-likeness (QED) is 0.731. The lowest BCUT2D eigenvalue weighted by atomic mass is 9.70. The molecule has 3 aromatic rings. The second-order valence-electron chi connectivity index (χ2n) is 9.14. The van der Waals surface area contributed by atoms with Crippen LogP contribution in [0.4, 0.5) is 5.69 Å². The largest absolute Gasteiger partial charge is 0.370 e. The van der Waals surface area contributed by atoms with Gasteiger partial charge in [-0.3, -0.25) is 9.89 Å². The summed E-state index contributed by atoms with van der Waals surface area (Å²) in [4.78, 5) is 22.3. The summed E-state index contributed by atoms with van der Waals surface area (Å²) in [5.74, 6) is 1.39. The van der Waals surface area contributed by atoms with Gasteiger partial charge in [0.05, 0.1) is 17.3 Å². The molecule has 1 aromatic carbocycles. The van der Waals surface area contributed by atoms with Crippen LogP contribution in [0.15, 0.2) is 48.8 Å². The van der Waals surface area contributed by atoms with Crippen molar-refractivity contribution in [2.45, 2.75) is 44.2 Å². The first-order valence-corrected chi connectivity index (χ1v) is 11.2. The van der Waals surface area contributed by atoms with Crippen LogP contribution in [0.25, 0.3) is 11.0 Å². The summed E-state index contributed by atoms with van der Waals surface area (Å²) in [6.07, 6.45) is 8.82. The zero-order chi connectivity index (χ0) is 20.1. The van der Waals surface area contributed by atoms with E-state index in [0.29, 0.717) is 30.2 Å². The first-order valence-electron chi connectivity index (χ1n) is 11.2. The van der Waals surface area contributed by atoms with Crippen molar-refractivity contribution >= 4 is 22.6 Å². The predicted molar refractivity (Wildman–Crippen MR) is 116 cm³/mol. The number of nitrogens with one attached hydrogen (secondary N) is 1. The molecule has 2 aromatic heterocycles. The minimum atomic E-state index is 0.283. The molecule has 30 heavy (non-hydrogen) atoms. The maximum absolute atomic E-state index is 13.0. The van der Waals surface area contributed by atoms with Gasteiger partial charge in [-0.2, -0.15) is 5.10 Å². The molecule has 5 heterocycles. The van der Waals surface area contributed by atoms with E-state index >= 15 is 0 Å². The number of piperidine rings is 3. The van der Waals surface area contributed by atoms with E-state index in [-0.39, 0.29) is 6.04 Å². The van der Waals surface area contributed by atoms with Crippen LogP contribution in [0.2, 0.25) is 0 Å². The molecule has 3 aliphatic rings. The number of H-pyrrole nitrogens is 1. The Kier molecular flexibility index (Phi) is 4.25. The SMILES string of the molecule is O=C1CCC[C@H]2[C@@H]3C[C@@H](CN(c4ccnc5[nH]ncc45)C3)[C@H](Cc3ccccc3)N12. The zero-order valence-corrected chi connectivity index (χ0v) is 17.1. The molecule has 1 amide bonds. The van der Waals surface area contributed by atoms with E-state index in [1.165, 1.54) is 17.7 Å². The van der Waals surface area contributed by atoms with Gasteiger partial charge in [0.15, 0.2) is 5.65 Å². The van der Waals surface area contributed by atoms with Crippen LogP contribution in [-0.2, 0) is 11.2 Å². The highest BCUT2D eigenvalue weighted by molar-refractivity contribution is 5.88. The lowest BCUT2D eigenvalue weighted by molar-refractivity contribution is -0.148. The van der Waals surface area contributed by atoms with E-state index in [0.717, 1.165) is 43.4 Å². The Balaban J connectivity index is 1.37. The molecule has 154 valence electrons. The minimum absolute atomic E-state index is 0.283. The standard InChI is InChI=1S/C24H27N5O/c30-23-8-4-7-20-17-12-18(22(29(20)23)11-16-5-2-1-3-6-16)15-28(14-17)21-9-10-25-24-19(21)13-26-27-24/h1-3,5-6,9-10,13,17-18,20,22H,4,7-8,11-12,14-15H2,(H,25,26,27)/t17-,18+,20+,22+/m1/s1. The third-order valence-corrected chi connectivity index (χ3v) is 7.46. The molecular weight excluding hydrogens is 374 g/mol. The van der Waals surface area contributed by atoms with Crippen LogP contribution < -0.4 is 4.90 Å². The highest BCUT2D eigenvalue weighted by atomic mass is 16.2. The van der Waals surface area contributed by atoms with Crippen LogP contribution >= 0.6 is 0 Å². The molecule has 0 saturated carbocycles. The molecule has 1 N–H and O–H groups in total. The summed E-state index contributed by atoms with van der Waals surface area (Å²) in [6.45, 7) is 1.99. The number of anilines is 1. The average Bonchev–Trinajstić information content (AvgIpc) is 3.26. The summed E-state index contributed by atoms with van der Waals surface area (Å²) < 4.78 is 0. The monoisotopic (exact) mass is 401 g/mol. The second-order valence-corrected chi connectivity index (χ2v) is 9.14. The first kappa shape index (κ1) is 17.9. The van der Waals surface area contributed by atoms with Gasteiger partial charge in [0.1, 0.15) is 0 Å². The molecule has 3 saturated heterocycles. The van der Waals surface area contributed by atoms with Crippen molar-refractivity contribution in [3.63, 3.8) is 0 Å². The Morgan fingerprint density at radius 2 is 1.97 bits per heavy atom. The number of benzene rings is 1. The molecule has 0 spiro atoms. The molecule has 6 nitrogen and oxygen atoms in total. The number of rotatable bonds is 3. The van der Waals surface area contributed by atoms with Crippen molar-refractivity contribution in [1.82, 2.24) is 20.1 Å². The number of amides is 1. The maximum Gasteiger partial charge on any atom is 0.223 e. The zero-order valence-electron chi connectivity index (χ0n) is 17.1. The second kappa shape index (κ2) is 7.11. The lowest BCUT2D eigenvalue weighted by Gasteiger charge is -2.57. The molecule has 6 heteroatoms. The normalized spacial score (nSPS) is 28.6. The van der Waals surface area contributed by atoms with Gasteiger partial charge in [-0.25, -0.2) is 4.98 Å². The lowest BCUT2D eigenvalue weighted by Crippen LogP contribution is -2.65. The van der Waals surface area contributed by atoms with Gasteiger partial charge in [-0.1, -0.05) is 30.3 Å². The number of hydrogen-bond donors (Lipinski definition) is 1. The number of carbonyl (C=O) groups excluding carboxylic acids is 1. The van der Waals surface area contributed by atoms with Crippen molar-refractivity contribution in [3.8, 4) is 0 Å². The predicted octanol–water partition coefficient (Wildman–Crippen LogP) is 3.41. The molecule has 2 bridgehead atoms. The number of fused-ring (bicyclic) bond motifs is 5. The third kappa shape index (κ3) is 2.89. The Bertz CT molecular complexity index is 1060. The Morgan fingerprint density at radius 1 is 1.10 bits per heavy atom. The van der Waals surface area contributed by atoms with Gasteiger partial charge in [-0.05, 0) is 49.1 Å². The average molecular weight is 402 g/mol. The van der Waals surface area contributed by atoms with E-state index in [1.807, 2.05) is 12.4 Å². The van der Waals surface area contributed by atoms with Crippen molar-refractivity contribution < 1.29 is 4.79 Å². The molecule has 3 aliphatic heterocycles. The number of carbonyl (C=O) groups is 1. The molecule has 6 rings (SSSR count). The molecule has 3 fully saturated rings. The number of aromatic amines is 1. The van der Waals surface area contributed by atoms with E-state index in [4.69, 9.17) is 0 Å². The van der Waals surface area contributed by atoms with Crippen molar-refractivity contribution in [2.75, 3.05) is 18.0 Å². The Labute approximate surface area is 176 Å². The number of hydrogen-bond acceptors (Lipinski definition) is 4. The van der Waals surface area contributed by atoms with Gasteiger partial charge in [0.25, 0.3) is 0 Å². The number of pyridine rings is 1. The smallest absolute Gasteiger partial charge is 0.223 e. The topological polar surface area (TPSA) is 65.1 Å². The van der Waals surface area contributed by atoms with E-state index in [9.17, 15) is 4.79 Å². The fourth-order valence-electron chi connectivity index (χ4n) is 6.20. The number of nitrogens with zero attached hydrogens (tertiary/aromatic N) is 4. The minimum Gasteiger partial charge on any atom is -0.370 e. The van der Waals surface area contributed by atoms with E-state index < -0.39 is 0 Å². The van der Waals surface area contributed by atoms with Crippen LogP contribution in [0.1, 0.15) is 31.2 Å². The Morgan fingerprint density at radius 3 is 2.87 bits per heavy atom. The fraction of sp³-hybridized carbons (Fsp3) is 0.458. The summed E-state index contributed by atoms with van der Waals surface area (Å²) >= 11 is 0. The van der Waals surface area contributed by atoms with Gasteiger partial charge in [-0.15, -0.1) is 0 Å².